The molecule has 0 spiro atoms. The van der Waals surface area contributed by atoms with Crippen molar-refractivity contribution in [2.24, 2.45) is 0 Å². The minimum Gasteiger partial charge on any atom is -0.342 e. The molecule has 2 aromatic heterocycles. The summed E-state index contributed by atoms with van der Waals surface area (Å²) < 4.78 is 43.0. The Morgan fingerprint density at radius 1 is 1.26 bits per heavy atom. The van der Waals surface area contributed by atoms with Gasteiger partial charge in [0.05, 0.1) is 22.2 Å². The summed E-state index contributed by atoms with van der Waals surface area (Å²) in [6, 6.07) is 13.1. The van der Waals surface area contributed by atoms with E-state index in [1.807, 2.05) is 28.5 Å². The molecule has 4 rings (SSSR count). The number of aryl methyl sites for hydroxylation is 1. The van der Waals surface area contributed by atoms with Gasteiger partial charge in [0.1, 0.15) is 14.4 Å². The average Bonchev–Trinajstić information content (AvgIpc) is 3.31. The second-order valence-electron chi connectivity index (χ2n) is 7.63. The highest BCUT2D eigenvalue weighted by molar-refractivity contribution is 7.92. The lowest BCUT2D eigenvalue weighted by Gasteiger charge is -2.09. The molecule has 0 aliphatic carbocycles. The van der Waals surface area contributed by atoms with Crippen molar-refractivity contribution < 1.29 is 17.6 Å². The Bertz CT molecular complexity index is 1630. The van der Waals surface area contributed by atoms with Crippen LogP contribution in [0.4, 0.5) is 4.39 Å². The van der Waals surface area contributed by atoms with Crippen LogP contribution in [0.15, 0.2) is 58.9 Å². The number of hydrogen-bond acceptors (Lipinski definition) is 5. The van der Waals surface area contributed by atoms with E-state index < -0.39 is 21.7 Å². The van der Waals surface area contributed by atoms with Crippen molar-refractivity contribution in [3.8, 4) is 6.07 Å². The molecule has 0 aliphatic heterocycles. The molecular weight excluding hydrogens is 532 g/mol. The maximum Gasteiger partial charge on any atom is 0.273 e. The van der Waals surface area contributed by atoms with Gasteiger partial charge in [-0.25, -0.2) is 17.5 Å². The number of benzene rings is 2. The number of amides is 1. The summed E-state index contributed by atoms with van der Waals surface area (Å²) in [5, 5.41) is 9.89. The summed E-state index contributed by atoms with van der Waals surface area (Å²) in [7, 11) is -4.17. The Morgan fingerprint density at radius 2 is 2.03 bits per heavy atom. The van der Waals surface area contributed by atoms with Gasteiger partial charge in [0, 0.05) is 29.8 Å². The van der Waals surface area contributed by atoms with Gasteiger partial charge in [0.15, 0.2) is 0 Å². The van der Waals surface area contributed by atoms with E-state index in [0.717, 1.165) is 34.6 Å². The predicted molar refractivity (Wildman–Crippen MR) is 136 cm³/mol. The maximum atomic E-state index is 14.4. The van der Waals surface area contributed by atoms with Gasteiger partial charge in [-0.3, -0.25) is 4.79 Å². The van der Waals surface area contributed by atoms with Crippen molar-refractivity contribution in [1.82, 2.24) is 9.29 Å². The monoisotopic (exact) mass is 547 g/mol. The van der Waals surface area contributed by atoms with Crippen molar-refractivity contribution in [3.63, 3.8) is 0 Å². The number of carbonyl (C=O) groups excluding carboxylic acids is 1. The Balaban J connectivity index is 1.66. The van der Waals surface area contributed by atoms with Crippen LogP contribution in [0.3, 0.4) is 0 Å². The number of fused-ring (bicyclic) bond motifs is 1. The molecule has 0 bridgehead atoms. The number of thiophene rings is 1. The number of nitrogens with one attached hydrogen (secondary N) is 1. The summed E-state index contributed by atoms with van der Waals surface area (Å²) in [4.78, 5) is 12.4. The van der Waals surface area contributed by atoms with Crippen molar-refractivity contribution in [1.29, 1.82) is 5.26 Å². The molecule has 0 unspecified atom stereocenters. The van der Waals surface area contributed by atoms with Gasteiger partial charge >= 0.3 is 0 Å². The molecule has 11 heteroatoms. The van der Waals surface area contributed by atoms with E-state index in [1.165, 1.54) is 18.2 Å². The van der Waals surface area contributed by atoms with Crippen molar-refractivity contribution in [3.05, 3.63) is 92.2 Å². The molecule has 35 heavy (non-hydrogen) atoms. The van der Waals surface area contributed by atoms with Gasteiger partial charge in [-0.1, -0.05) is 35.3 Å². The number of carbonyl (C=O) groups is 1. The zero-order valence-electron chi connectivity index (χ0n) is 18.1. The molecule has 2 aromatic carbocycles. The molecule has 0 radical (unpaired) electrons. The van der Waals surface area contributed by atoms with Crippen LogP contribution in [-0.4, -0.2) is 18.9 Å². The molecule has 178 valence electrons. The number of nitrogens with zero attached hydrogens (tertiary/aromatic N) is 2. The molecular formula is C24H16Cl2FN3O3S2. The summed E-state index contributed by atoms with van der Waals surface area (Å²) >= 11 is 12.3. The second kappa shape index (κ2) is 9.84. The van der Waals surface area contributed by atoms with Gasteiger partial charge in [-0.05, 0) is 54.5 Å². The van der Waals surface area contributed by atoms with Gasteiger partial charge in [0.2, 0.25) is 0 Å². The number of hydrogen-bond donors (Lipinski definition) is 1. The first-order chi connectivity index (χ1) is 16.6. The molecule has 0 aliphatic rings. The fraction of sp³-hybridized carbons (Fsp3) is 0.0833. The number of halogens is 3. The van der Waals surface area contributed by atoms with Gasteiger partial charge in [-0.2, -0.15) is 5.26 Å². The van der Waals surface area contributed by atoms with Crippen LogP contribution in [-0.2, 0) is 21.4 Å². The van der Waals surface area contributed by atoms with Crippen LogP contribution in [0.5, 0.6) is 0 Å². The number of nitriles is 1. The first-order valence-corrected chi connectivity index (χ1v) is 13.1. The number of sulfonamides is 1. The highest BCUT2D eigenvalue weighted by Crippen LogP contribution is 2.34. The first kappa shape index (κ1) is 24.9. The summed E-state index contributed by atoms with van der Waals surface area (Å²) in [6.07, 6.45) is 4.23. The van der Waals surface area contributed by atoms with E-state index in [1.54, 1.807) is 18.2 Å². The van der Waals surface area contributed by atoms with Crippen LogP contribution in [0.25, 0.3) is 17.0 Å². The zero-order chi connectivity index (χ0) is 25.3. The highest BCUT2D eigenvalue weighted by atomic mass is 35.5. The number of aromatic nitrogens is 1. The van der Waals surface area contributed by atoms with E-state index in [4.69, 9.17) is 28.5 Å². The lowest BCUT2D eigenvalue weighted by molar-refractivity contribution is -0.114. The third kappa shape index (κ3) is 5.41. The van der Waals surface area contributed by atoms with Crippen LogP contribution in [0, 0.1) is 24.1 Å². The van der Waals surface area contributed by atoms with E-state index in [9.17, 15) is 17.6 Å². The van der Waals surface area contributed by atoms with E-state index >= 15 is 0 Å². The summed E-state index contributed by atoms with van der Waals surface area (Å²) in [5.74, 6) is -1.42. The van der Waals surface area contributed by atoms with Crippen molar-refractivity contribution >= 4 is 67.4 Å². The van der Waals surface area contributed by atoms with Crippen molar-refractivity contribution in [2.45, 2.75) is 17.7 Å². The average molecular weight is 548 g/mol. The zero-order valence-corrected chi connectivity index (χ0v) is 21.2. The smallest absolute Gasteiger partial charge is 0.273 e. The molecule has 6 nitrogen and oxygen atoms in total. The van der Waals surface area contributed by atoms with E-state index in [0.29, 0.717) is 28.6 Å². The molecule has 0 saturated carbocycles. The third-order valence-corrected chi connectivity index (χ3v) is 8.80. The van der Waals surface area contributed by atoms with Gasteiger partial charge in [-0.15, -0.1) is 11.3 Å². The fourth-order valence-electron chi connectivity index (χ4n) is 3.64. The molecule has 0 atom stereocenters. The maximum absolute atomic E-state index is 14.4. The predicted octanol–water partition coefficient (Wildman–Crippen LogP) is 5.90. The second-order valence-corrected chi connectivity index (χ2v) is 11.6. The van der Waals surface area contributed by atoms with Gasteiger partial charge in [0.25, 0.3) is 15.9 Å². The molecule has 2 heterocycles. The fourth-order valence-corrected chi connectivity index (χ4v) is 6.46. The van der Waals surface area contributed by atoms with E-state index in [-0.39, 0.29) is 13.6 Å². The first-order valence-electron chi connectivity index (χ1n) is 10.0. The Kier molecular flexibility index (Phi) is 7.01. The third-order valence-electron chi connectivity index (χ3n) is 5.11. The highest BCUT2D eigenvalue weighted by Gasteiger charge is 2.21. The molecule has 1 N–H and O–H groups in total. The lowest BCUT2D eigenvalue weighted by atomic mass is 10.1. The normalized spacial score (nSPS) is 11.7. The molecule has 1 amide bonds. The summed E-state index contributed by atoms with van der Waals surface area (Å²) in [5.41, 5.74) is 3.27. The van der Waals surface area contributed by atoms with E-state index in [2.05, 4.69) is 6.07 Å². The quantitative estimate of drug-likeness (QED) is 0.304. The number of rotatable bonds is 6. The SMILES string of the molecule is Cc1cn(Cc2cccc(C#N)c2)c2c(/C=C/C(=O)NS(=O)(=O)c3cc(Cl)c(Cl)s3)cc(F)cc12. The summed E-state index contributed by atoms with van der Waals surface area (Å²) in [6.45, 7) is 2.25. The van der Waals surface area contributed by atoms with Crippen LogP contribution < -0.4 is 4.72 Å². The Labute approximate surface area is 214 Å². The molecule has 0 fully saturated rings. The Morgan fingerprint density at radius 3 is 2.71 bits per heavy atom. The van der Waals surface area contributed by atoms with Crippen molar-refractivity contribution in [2.75, 3.05) is 0 Å². The largest absolute Gasteiger partial charge is 0.342 e. The van der Waals surface area contributed by atoms with Crippen LogP contribution in [0.1, 0.15) is 22.3 Å². The molecule has 4 aromatic rings. The Hall–Kier alpha value is -3.16. The minimum absolute atomic E-state index is 0.0682. The minimum atomic E-state index is -4.17. The lowest BCUT2D eigenvalue weighted by Crippen LogP contribution is -2.28. The standard InChI is InChI=1S/C24H16Cl2FN3O3S2/c1-14-12-30(13-16-4-2-3-15(7-16)11-28)23-17(8-18(27)9-19(14)23)5-6-21(31)29-35(32,33)22-10-20(25)24(26)34-22/h2-10,12H,13H2,1H3,(H,29,31)/b6-5+. The topological polar surface area (TPSA) is 92.0 Å². The van der Waals surface area contributed by atoms with Gasteiger partial charge < -0.3 is 4.57 Å². The van der Waals surface area contributed by atoms with Crippen LogP contribution in [0.2, 0.25) is 9.36 Å². The van der Waals surface area contributed by atoms with Crippen LogP contribution >= 0.6 is 34.5 Å². The molecule has 0 saturated heterocycles.